The van der Waals surface area contributed by atoms with Crippen molar-refractivity contribution >= 4 is 12.0 Å². The summed E-state index contributed by atoms with van der Waals surface area (Å²) in [5.74, 6) is -4.39. The number of alkyl halides is 3. The van der Waals surface area contributed by atoms with Crippen LogP contribution in [0.2, 0.25) is 0 Å². The zero-order valence-corrected chi connectivity index (χ0v) is 21.4. The second-order valence-corrected chi connectivity index (χ2v) is 9.14. The zero-order valence-electron chi connectivity index (χ0n) is 21.4. The largest absolute Gasteiger partial charge is 0.423 e. The quantitative estimate of drug-likeness (QED) is 0.123. The molecule has 0 bridgehead atoms. The number of ether oxygens (including phenoxy) is 1. The molecule has 0 aliphatic heterocycles. The van der Waals surface area contributed by atoms with E-state index in [0.717, 1.165) is 54.7 Å². The molecular weight excluding hydrogens is 530 g/mol. The number of hydrogen-bond acceptors (Lipinski definition) is 2. The molecule has 40 heavy (non-hydrogen) atoms. The van der Waals surface area contributed by atoms with E-state index in [9.17, 15) is 31.1 Å². The summed E-state index contributed by atoms with van der Waals surface area (Å²) in [5.41, 5.74) is 2.04. The molecule has 4 aromatic carbocycles. The Bertz CT molecular complexity index is 1500. The molecule has 0 saturated heterocycles. The van der Waals surface area contributed by atoms with Crippen molar-refractivity contribution in [2.45, 2.75) is 32.4 Å². The summed E-state index contributed by atoms with van der Waals surface area (Å²) in [6, 6.07) is 19.7. The molecule has 0 heterocycles. The smallest absolute Gasteiger partial charge is 0.409 e. The van der Waals surface area contributed by atoms with Crippen LogP contribution < -0.4 is 4.74 Å². The highest BCUT2D eigenvalue weighted by Gasteiger charge is 2.23. The highest BCUT2D eigenvalue weighted by Crippen LogP contribution is 2.31. The average Bonchev–Trinajstić information content (AvgIpc) is 2.91. The van der Waals surface area contributed by atoms with Gasteiger partial charge in [0.2, 0.25) is 0 Å². The maximum atomic E-state index is 14.8. The number of esters is 1. The van der Waals surface area contributed by atoms with Crippen LogP contribution in [0.5, 0.6) is 5.75 Å². The van der Waals surface area contributed by atoms with Gasteiger partial charge >= 0.3 is 12.1 Å². The van der Waals surface area contributed by atoms with Gasteiger partial charge in [0.05, 0.1) is 5.56 Å². The summed E-state index contributed by atoms with van der Waals surface area (Å²) in [7, 11) is 0. The molecule has 0 atom stereocenters. The van der Waals surface area contributed by atoms with Crippen molar-refractivity contribution in [1.82, 2.24) is 0 Å². The standard InChI is InChI=1S/C32H24F6O2/c1-2-3-4-20-5-7-21(8-6-20)22-9-11-23(12-10-22)31(39)40-25-13-14-26(30(35)19-25)24-17-28(33)27(29(34)18-24)15-16-32(36,37)38/h5-19H,2-4H2,1H3/b16-15+. The minimum Gasteiger partial charge on any atom is -0.423 e. The van der Waals surface area contributed by atoms with E-state index in [-0.39, 0.29) is 34.6 Å². The van der Waals surface area contributed by atoms with Crippen LogP contribution in [-0.2, 0) is 6.42 Å². The van der Waals surface area contributed by atoms with Gasteiger partial charge in [0, 0.05) is 23.3 Å². The Balaban J connectivity index is 1.46. The molecule has 0 saturated carbocycles. The number of carbonyl (C=O) groups is 1. The minimum atomic E-state index is -4.75. The molecule has 0 N–H and O–H groups in total. The number of allylic oxidation sites excluding steroid dienone is 1. The number of rotatable bonds is 8. The lowest BCUT2D eigenvalue weighted by molar-refractivity contribution is -0.0790. The van der Waals surface area contributed by atoms with Crippen LogP contribution in [0.25, 0.3) is 28.3 Å². The van der Waals surface area contributed by atoms with Crippen molar-refractivity contribution in [2.24, 2.45) is 0 Å². The third kappa shape index (κ3) is 7.20. The number of halogens is 6. The molecule has 4 aromatic rings. The number of aryl methyl sites for hydroxylation is 1. The summed E-state index contributed by atoms with van der Waals surface area (Å²) in [5, 5.41) is 0. The van der Waals surface area contributed by atoms with Gasteiger partial charge in [-0.05, 0) is 77.6 Å². The highest BCUT2D eigenvalue weighted by molar-refractivity contribution is 5.91. The van der Waals surface area contributed by atoms with Gasteiger partial charge < -0.3 is 4.74 Å². The fraction of sp³-hybridized carbons (Fsp3) is 0.156. The van der Waals surface area contributed by atoms with Crippen LogP contribution in [0.15, 0.2) is 84.9 Å². The van der Waals surface area contributed by atoms with Crippen LogP contribution in [0, 0.1) is 17.5 Å². The number of benzene rings is 4. The number of hydrogen-bond donors (Lipinski definition) is 0. The predicted molar refractivity (Wildman–Crippen MR) is 142 cm³/mol. The van der Waals surface area contributed by atoms with Crippen molar-refractivity contribution in [3.8, 4) is 28.0 Å². The molecule has 2 nitrogen and oxygen atoms in total. The van der Waals surface area contributed by atoms with Gasteiger partial charge in [-0.2, -0.15) is 13.2 Å². The lowest BCUT2D eigenvalue weighted by atomic mass is 10.0. The van der Waals surface area contributed by atoms with E-state index in [1.165, 1.54) is 11.6 Å². The monoisotopic (exact) mass is 554 g/mol. The summed E-state index contributed by atoms with van der Waals surface area (Å²) in [6.45, 7) is 2.14. The first-order valence-electron chi connectivity index (χ1n) is 12.5. The first-order chi connectivity index (χ1) is 19.0. The molecule has 0 spiro atoms. The Labute approximate surface area is 227 Å². The second kappa shape index (κ2) is 12.2. The molecule has 0 aliphatic rings. The average molecular weight is 555 g/mol. The Kier molecular flexibility index (Phi) is 8.77. The topological polar surface area (TPSA) is 26.3 Å². The van der Waals surface area contributed by atoms with E-state index in [4.69, 9.17) is 4.74 Å². The van der Waals surface area contributed by atoms with Crippen molar-refractivity contribution in [1.29, 1.82) is 0 Å². The molecule has 4 rings (SSSR count). The highest BCUT2D eigenvalue weighted by atomic mass is 19.4. The van der Waals surface area contributed by atoms with Gasteiger partial charge in [0.15, 0.2) is 0 Å². The zero-order chi connectivity index (χ0) is 28.9. The fourth-order valence-corrected chi connectivity index (χ4v) is 4.08. The van der Waals surface area contributed by atoms with Gasteiger partial charge in [-0.15, -0.1) is 0 Å². The molecular formula is C32H24F6O2. The van der Waals surface area contributed by atoms with E-state index in [1.54, 1.807) is 24.3 Å². The lowest BCUT2D eigenvalue weighted by Gasteiger charge is -2.10. The molecule has 0 unspecified atom stereocenters. The Hall–Kier alpha value is -4.33. The van der Waals surface area contributed by atoms with Crippen molar-refractivity contribution in [2.75, 3.05) is 0 Å². The van der Waals surface area contributed by atoms with Crippen molar-refractivity contribution in [3.05, 3.63) is 119 Å². The molecule has 0 aromatic heterocycles. The third-order valence-electron chi connectivity index (χ3n) is 6.21. The van der Waals surface area contributed by atoms with Crippen molar-refractivity contribution in [3.63, 3.8) is 0 Å². The Morgan fingerprint density at radius 2 is 1.38 bits per heavy atom. The van der Waals surface area contributed by atoms with Gasteiger partial charge in [0.25, 0.3) is 0 Å². The predicted octanol–water partition coefficient (Wildman–Crippen LogP) is 9.58. The summed E-state index contributed by atoms with van der Waals surface area (Å²) in [6.07, 6.45) is -1.51. The van der Waals surface area contributed by atoms with Crippen LogP contribution >= 0.6 is 0 Å². The van der Waals surface area contributed by atoms with Gasteiger partial charge in [0.1, 0.15) is 23.2 Å². The van der Waals surface area contributed by atoms with E-state index in [2.05, 4.69) is 19.1 Å². The molecule has 0 aliphatic carbocycles. The molecule has 8 heteroatoms. The number of carbonyl (C=O) groups excluding carboxylic acids is 1. The third-order valence-corrected chi connectivity index (χ3v) is 6.21. The SMILES string of the molecule is CCCCc1ccc(-c2ccc(C(=O)Oc3ccc(-c4cc(F)c(/C=C/C(F)(F)F)c(F)c4)c(F)c3)cc2)cc1. The van der Waals surface area contributed by atoms with Gasteiger partial charge in [-0.25, -0.2) is 18.0 Å². The van der Waals surface area contributed by atoms with E-state index in [1.807, 2.05) is 12.1 Å². The molecule has 0 amide bonds. The summed E-state index contributed by atoms with van der Waals surface area (Å²) in [4.78, 5) is 12.6. The Morgan fingerprint density at radius 1 is 0.775 bits per heavy atom. The summed E-state index contributed by atoms with van der Waals surface area (Å²) < 4.78 is 85.7. The maximum absolute atomic E-state index is 14.8. The van der Waals surface area contributed by atoms with Crippen molar-refractivity contribution < 1.29 is 35.9 Å². The van der Waals surface area contributed by atoms with E-state index < -0.39 is 35.2 Å². The summed E-state index contributed by atoms with van der Waals surface area (Å²) >= 11 is 0. The Morgan fingerprint density at radius 3 is 1.93 bits per heavy atom. The molecule has 0 radical (unpaired) electrons. The van der Waals surface area contributed by atoms with Crippen LogP contribution in [-0.4, -0.2) is 12.1 Å². The number of unbranched alkanes of at least 4 members (excludes halogenated alkanes) is 1. The van der Waals surface area contributed by atoms with E-state index in [0.29, 0.717) is 0 Å². The minimum absolute atomic E-state index is 0.135. The van der Waals surface area contributed by atoms with Gasteiger partial charge in [-0.1, -0.05) is 49.7 Å². The van der Waals surface area contributed by atoms with Crippen LogP contribution in [0.3, 0.4) is 0 Å². The van der Waals surface area contributed by atoms with Crippen LogP contribution in [0.4, 0.5) is 26.3 Å². The molecule has 0 fully saturated rings. The first-order valence-corrected chi connectivity index (χ1v) is 12.5. The van der Waals surface area contributed by atoms with Gasteiger partial charge in [-0.3, -0.25) is 0 Å². The normalized spacial score (nSPS) is 11.7. The van der Waals surface area contributed by atoms with E-state index >= 15 is 0 Å². The maximum Gasteiger partial charge on any atom is 0.409 e. The van der Waals surface area contributed by atoms with Crippen LogP contribution in [0.1, 0.15) is 41.3 Å². The fourth-order valence-electron chi connectivity index (χ4n) is 4.08. The molecule has 206 valence electrons. The lowest BCUT2D eigenvalue weighted by Crippen LogP contribution is -2.08. The second-order valence-electron chi connectivity index (χ2n) is 9.14. The first kappa shape index (κ1) is 28.7.